The summed E-state index contributed by atoms with van der Waals surface area (Å²) in [6, 6.07) is 14.3. The van der Waals surface area contributed by atoms with Crippen LogP contribution in [0.5, 0.6) is 0 Å². The number of benzene rings is 2. The van der Waals surface area contributed by atoms with E-state index in [-0.39, 0.29) is 35.7 Å². The highest BCUT2D eigenvalue weighted by molar-refractivity contribution is 6.40. The lowest BCUT2D eigenvalue weighted by molar-refractivity contribution is -0.146. The van der Waals surface area contributed by atoms with Crippen molar-refractivity contribution in [3.05, 3.63) is 105 Å². The third-order valence-electron chi connectivity index (χ3n) is 11.7. The van der Waals surface area contributed by atoms with E-state index in [2.05, 4.69) is 45.1 Å². The number of hydrogen-bond acceptors (Lipinski definition) is 10. The summed E-state index contributed by atoms with van der Waals surface area (Å²) in [5.41, 5.74) is 18.7. The van der Waals surface area contributed by atoms with E-state index in [9.17, 15) is 28.8 Å². The first-order chi connectivity index (χ1) is 28.7. The van der Waals surface area contributed by atoms with Gasteiger partial charge in [0.15, 0.2) is 0 Å². The fourth-order valence-corrected chi connectivity index (χ4v) is 8.26. The Kier molecular flexibility index (Phi) is 11.8. The molecule has 4 aliphatic heterocycles. The van der Waals surface area contributed by atoms with Crippen LogP contribution < -0.4 is 32.7 Å². The summed E-state index contributed by atoms with van der Waals surface area (Å²) >= 11 is 0. The lowest BCUT2D eigenvalue weighted by atomic mass is 9.88. The predicted molar refractivity (Wildman–Crippen MR) is 225 cm³/mol. The maximum atomic E-state index is 13.1. The van der Waals surface area contributed by atoms with Crippen molar-refractivity contribution in [3.63, 3.8) is 0 Å². The molecule has 0 radical (unpaired) electrons. The molecule has 60 heavy (non-hydrogen) atoms. The molecule has 6 heterocycles. The quantitative estimate of drug-likeness (QED) is 0.160. The van der Waals surface area contributed by atoms with Crippen LogP contribution in [0.1, 0.15) is 106 Å². The van der Waals surface area contributed by atoms with Gasteiger partial charge in [0, 0.05) is 37.3 Å². The number of nitrogens with one attached hydrogen (secondary N) is 4. The number of nitrogens with zero attached hydrogens (tertiary/aromatic N) is 4. The fraction of sp³-hybridized carbons (Fsp3) is 0.364. The summed E-state index contributed by atoms with van der Waals surface area (Å²) in [6.45, 7) is 9.72. The molecule has 2 fully saturated rings. The molecule has 0 spiro atoms. The number of rotatable bonds is 4. The van der Waals surface area contributed by atoms with Crippen LogP contribution in [0.25, 0.3) is 0 Å². The Morgan fingerprint density at radius 3 is 1.42 bits per heavy atom. The molecule has 0 saturated carbocycles. The number of nitrogens with two attached hydrogens (primary N) is 2. The van der Waals surface area contributed by atoms with Crippen LogP contribution in [0, 0.1) is 25.7 Å². The van der Waals surface area contributed by atoms with Gasteiger partial charge >= 0.3 is 23.6 Å². The minimum atomic E-state index is -0.709. The van der Waals surface area contributed by atoms with Gasteiger partial charge in [-0.2, -0.15) is 0 Å². The van der Waals surface area contributed by atoms with E-state index in [4.69, 9.17) is 11.5 Å². The Bertz CT molecular complexity index is 2240. The van der Waals surface area contributed by atoms with Gasteiger partial charge in [-0.1, -0.05) is 38.1 Å². The second kappa shape index (κ2) is 17.2. The summed E-state index contributed by atoms with van der Waals surface area (Å²) in [5.74, 6) is -1.47. The normalized spacial score (nSPS) is 20.5. The molecule has 16 heteroatoms. The van der Waals surface area contributed by atoms with Crippen LogP contribution in [0.2, 0.25) is 0 Å². The van der Waals surface area contributed by atoms with E-state index in [1.165, 1.54) is 12.4 Å². The Hall–Kier alpha value is -6.84. The molecule has 0 unspecified atom stereocenters. The highest BCUT2D eigenvalue weighted by Crippen LogP contribution is 2.36. The molecule has 8 N–H and O–H groups in total. The zero-order valence-corrected chi connectivity index (χ0v) is 34.1. The van der Waals surface area contributed by atoms with Gasteiger partial charge in [0.25, 0.3) is 11.8 Å². The number of aromatic nitrogens is 2. The van der Waals surface area contributed by atoms with Crippen molar-refractivity contribution in [2.24, 2.45) is 11.8 Å². The number of hydrogen-bond donors (Lipinski definition) is 6. The zero-order valence-electron chi connectivity index (χ0n) is 34.1. The number of nitrogen functional groups attached to an aromatic ring is 2. The lowest BCUT2D eigenvalue weighted by Crippen LogP contribution is -2.46. The Morgan fingerprint density at radius 1 is 0.633 bits per heavy atom. The minimum absolute atomic E-state index is 0.0992. The molecule has 0 aliphatic carbocycles. The van der Waals surface area contributed by atoms with E-state index >= 15 is 0 Å². The number of piperidine rings is 2. The van der Waals surface area contributed by atoms with E-state index in [1.807, 2.05) is 36.4 Å². The molecule has 4 aliphatic rings. The topological polar surface area (TPSA) is 235 Å². The van der Waals surface area contributed by atoms with E-state index < -0.39 is 23.6 Å². The third kappa shape index (κ3) is 8.77. The molecule has 0 bridgehead atoms. The monoisotopic (exact) mass is 814 g/mol. The Balaban J connectivity index is 0.000000181. The van der Waals surface area contributed by atoms with E-state index in [0.717, 1.165) is 59.1 Å². The lowest BCUT2D eigenvalue weighted by Gasteiger charge is -2.38. The number of carbonyl (C=O) groups is 6. The van der Waals surface area contributed by atoms with Gasteiger partial charge in [0.2, 0.25) is 0 Å². The van der Waals surface area contributed by atoms with Crippen molar-refractivity contribution in [1.29, 1.82) is 0 Å². The zero-order chi connectivity index (χ0) is 42.8. The van der Waals surface area contributed by atoms with Gasteiger partial charge in [-0.25, -0.2) is 9.97 Å². The highest BCUT2D eigenvalue weighted by Gasteiger charge is 2.37. The molecule has 312 valence electrons. The molecule has 6 amide bonds. The molecule has 4 aromatic rings. The fourth-order valence-electron chi connectivity index (χ4n) is 8.26. The van der Waals surface area contributed by atoms with Crippen LogP contribution in [-0.2, 0) is 32.3 Å². The largest absolute Gasteiger partial charge is 0.383 e. The summed E-state index contributed by atoms with van der Waals surface area (Å²) in [6.07, 6.45) is 6.24. The number of pyridine rings is 2. The number of fused-ring (bicyclic) bond motifs is 2. The SMILES string of the molecule is Cc1cc(NC(=O)C(=O)N2C[C@@H](C)CC[C@@H]2c2ccc3c(c2)C(=O)NC3)cnc1N.Cc1cc(NC(=O)C(=O)N2C[C@H](C)CC[C@H]2c2ccc3c(c2)C(=O)NC3)cnc1N. The van der Waals surface area contributed by atoms with Crippen LogP contribution in [-0.4, -0.2) is 68.3 Å². The number of carbonyl (C=O) groups excluding carboxylic acids is 6. The van der Waals surface area contributed by atoms with Gasteiger partial charge in [-0.3, -0.25) is 28.8 Å². The smallest absolute Gasteiger partial charge is 0.313 e. The van der Waals surface area contributed by atoms with Crippen LogP contribution >= 0.6 is 0 Å². The predicted octanol–water partition coefficient (Wildman–Crippen LogP) is 4.31. The molecule has 2 aromatic heterocycles. The first kappa shape index (κ1) is 41.3. The van der Waals surface area contributed by atoms with Crippen molar-refractivity contribution in [2.45, 2.75) is 78.6 Å². The molecule has 2 aromatic carbocycles. The average Bonchev–Trinajstić information content (AvgIpc) is 3.80. The van der Waals surface area contributed by atoms with Crippen LogP contribution in [0.15, 0.2) is 60.9 Å². The van der Waals surface area contributed by atoms with Crippen molar-refractivity contribution in [2.75, 3.05) is 35.2 Å². The number of amides is 6. The van der Waals surface area contributed by atoms with Crippen molar-refractivity contribution in [3.8, 4) is 0 Å². The third-order valence-corrected chi connectivity index (χ3v) is 11.7. The molecular weight excluding hydrogens is 765 g/mol. The molecule has 2 saturated heterocycles. The standard InChI is InChI=1S/2C22H25N5O3/c2*1-12-3-6-18(14-4-5-15-9-25-20(28)17(15)8-14)27(11-12)22(30)21(29)26-16-7-13(2)19(23)24-10-16/h2*4-5,7-8,10,12,18H,3,6,9,11H2,1-2H3,(H2,23,24)(H,25,28)(H,26,29)/t2*12-,18+/m10/s1. The molecule has 4 atom stereocenters. The van der Waals surface area contributed by atoms with Crippen molar-refractivity contribution in [1.82, 2.24) is 30.4 Å². The Morgan fingerprint density at radius 2 is 1.03 bits per heavy atom. The van der Waals surface area contributed by atoms with Crippen LogP contribution in [0.4, 0.5) is 23.0 Å². The highest BCUT2D eigenvalue weighted by atomic mass is 16.2. The van der Waals surface area contributed by atoms with Crippen LogP contribution in [0.3, 0.4) is 0 Å². The van der Waals surface area contributed by atoms with Crippen molar-refractivity contribution >= 4 is 58.5 Å². The maximum Gasteiger partial charge on any atom is 0.313 e. The second-order valence-electron chi connectivity index (χ2n) is 16.3. The summed E-state index contributed by atoms with van der Waals surface area (Å²) in [5, 5.41) is 10.9. The second-order valence-corrected chi connectivity index (χ2v) is 16.3. The summed E-state index contributed by atoms with van der Waals surface area (Å²) < 4.78 is 0. The number of aryl methyl sites for hydroxylation is 2. The van der Waals surface area contributed by atoms with Gasteiger partial charge < -0.3 is 42.5 Å². The van der Waals surface area contributed by atoms with Gasteiger partial charge in [-0.05, 0) is 109 Å². The van der Waals surface area contributed by atoms with E-state index in [1.54, 1.807) is 35.8 Å². The van der Waals surface area contributed by atoms with Crippen molar-refractivity contribution < 1.29 is 28.8 Å². The average molecular weight is 815 g/mol. The Labute approximate surface area is 347 Å². The van der Waals surface area contributed by atoms with Gasteiger partial charge in [-0.15, -0.1) is 0 Å². The minimum Gasteiger partial charge on any atom is -0.383 e. The molecule has 8 rings (SSSR count). The summed E-state index contributed by atoms with van der Waals surface area (Å²) in [4.78, 5) is 87.0. The number of likely N-dealkylation sites (tertiary alicyclic amines) is 2. The number of anilines is 4. The van der Waals surface area contributed by atoms with Gasteiger partial charge in [0.1, 0.15) is 11.6 Å². The first-order valence-electron chi connectivity index (χ1n) is 20.2. The van der Waals surface area contributed by atoms with E-state index in [0.29, 0.717) is 60.3 Å². The first-order valence-corrected chi connectivity index (χ1v) is 20.2. The molecule has 16 nitrogen and oxygen atoms in total. The maximum absolute atomic E-state index is 13.1. The van der Waals surface area contributed by atoms with Gasteiger partial charge in [0.05, 0.1) is 35.9 Å². The summed E-state index contributed by atoms with van der Waals surface area (Å²) in [7, 11) is 0. The molecular formula is C44H50N10O6.